The summed E-state index contributed by atoms with van der Waals surface area (Å²) in [5.41, 5.74) is 1.01. The van der Waals surface area contributed by atoms with E-state index in [1.165, 1.54) is 6.20 Å². The van der Waals surface area contributed by atoms with Gasteiger partial charge in [-0.1, -0.05) is 0 Å². The first-order valence-electron chi connectivity index (χ1n) is 5.66. The monoisotopic (exact) mass is 238 g/mol. The van der Waals surface area contributed by atoms with Crippen molar-refractivity contribution in [2.75, 3.05) is 6.61 Å². The standard InChI is InChI=1S/C12H18N2O3/c1-9(3-2-6-15)13-8-11-5-4-10(7-14-11)12(16)17/h4-5,7,9,13,15H,2-3,6,8H2,1H3,(H,16,17). The largest absolute Gasteiger partial charge is 0.478 e. The molecule has 0 aliphatic rings. The molecule has 5 heteroatoms. The Hall–Kier alpha value is -1.46. The molecule has 0 aliphatic heterocycles. The first kappa shape index (κ1) is 13.6. The van der Waals surface area contributed by atoms with Gasteiger partial charge in [0.05, 0.1) is 11.3 Å². The van der Waals surface area contributed by atoms with E-state index in [1.807, 2.05) is 6.92 Å². The first-order chi connectivity index (χ1) is 8.13. The summed E-state index contributed by atoms with van der Waals surface area (Å²) < 4.78 is 0. The van der Waals surface area contributed by atoms with Gasteiger partial charge in [-0.25, -0.2) is 4.79 Å². The second kappa shape index (κ2) is 6.98. The molecule has 0 aromatic carbocycles. The fourth-order valence-electron chi connectivity index (χ4n) is 1.43. The van der Waals surface area contributed by atoms with E-state index in [4.69, 9.17) is 10.2 Å². The molecule has 1 atom stereocenters. The highest BCUT2D eigenvalue weighted by Gasteiger charge is 2.04. The van der Waals surface area contributed by atoms with Crippen molar-refractivity contribution in [1.29, 1.82) is 0 Å². The molecule has 0 saturated carbocycles. The van der Waals surface area contributed by atoms with Gasteiger partial charge >= 0.3 is 5.97 Å². The van der Waals surface area contributed by atoms with E-state index in [2.05, 4.69) is 10.3 Å². The minimum atomic E-state index is -0.965. The number of nitrogens with zero attached hydrogens (tertiary/aromatic N) is 1. The topological polar surface area (TPSA) is 82.5 Å². The van der Waals surface area contributed by atoms with Crippen molar-refractivity contribution < 1.29 is 15.0 Å². The quantitative estimate of drug-likeness (QED) is 0.661. The molecule has 0 amide bonds. The second-order valence-electron chi connectivity index (χ2n) is 3.99. The van der Waals surface area contributed by atoms with Crippen LogP contribution in [0.3, 0.4) is 0 Å². The number of pyridine rings is 1. The number of nitrogens with one attached hydrogen (secondary N) is 1. The zero-order chi connectivity index (χ0) is 12.7. The number of rotatable bonds is 7. The van der Waals surface area contributed by atoms with Gasteiger partial charge in [-0.2, -0.15) is 0 Å². The molecule has 1 heterocycles. The Morgan fingerprint density at radius 3 is 2.82 bits per heavy atom. The fourth-order valence-corrected chi connectivity index (χ4v) is 1.43. The number of hydrogen-bond acceptors (Lipinski definition) is 4. The summed E-state index contributed by atoms with van der Waals surface area (Å²) in [4.78, 5) is 14.7. The van der Waals surface area contributed by atoms with E-state index < -0.39 is 5.97 Å². The van der Waals surface area contributed by atoms with Crippen LogP contribution in [-0.4, -0.2) is 33.8 Å². The van der Waals surface area contributed by atoms with Crippen molar-refractivity contribution in [3.63, 3.8) is 0 Å². The molecular weight excluding hydrogens is 220 g/mol. The lowest BCUT2D eigenvalue weighted by Crippen LogP contribution is -2.26. The Labute approximate surface area is 101 Å². The maximum atomic E-state index is 10.6. The van der Waals surface area contributed by atoms with Crippen molar-refractivity contribution in [2.24, 2.45) is 0 Å². The van der Waals surface area contributed by atoms with Crippen molar-refractivity contribution in [2.45, 2.75) is 32.4 Å². The van der Waals surface area contributed by atoms with Gasteiger partial charge in [0.25, 0.3) is 0 Å². The average molecular weight is 238 g/mol. The van der Waals surface area contributed by atoms with Crippen LogP contribution in [0, 0.1) is 0 Å². The van der Waals surface area contributed by atoms with Crippen LogP contribution < -0.4 is 5.32 Å². The fraction of sp³-hybridized carbons (Fsp3) is 0.500. The van der Waals surface area contributed by atoms with Gasteiger partial charge in [0.1, 0.15) is 0 Å². The van der Waals surface area contributed by atoms with Crippen LogP contribution in [0.4, 0.5) is 0 Å². The predicted octanol–water partition coefficient (Wildman–Crippen LogP) is 1.03. The summed E-state index contributed by atoms with van der Waals surface area (Å²) in [5, 5.41) is 20.7. The Morgan fingerprint density at radius 2 is 2.29 bits per heavy atom. The zero-order valence-corrected chi connectivity index (χ0v) is 9.89. The van der Waals surface area contributed by atoms with Crippen LogP contribution >= 0.6 is 0 Å². The molecule has 1 unspecified atom stereocenters. The molecule has 1 aromatic heterocycles. The van der Waals surface area contributed by atoms with Gasteiger partial charge in [-0.3, -0.25) is 4.98 Å². The van der Waals surface area contributed by atoms with E-state index >= 15 is 0 Å². The van der Waals surface area contributed by atoms with Gasteiger partial charge in [-0.15, -0.1) is 0 Å². The molecule has 17 heavy (non-hydrogen) atoms. The first-order valence-corrected chi connectivity index (χ1v) is 5.66. The maximum Gasteiger partial charge on any atom is 0.337 e. The lowest BCUT2D eigenvalue weighted by molar-refractivity contribution is 0.0696. The molecule has 5 nitrogen and oxygen atoms in total. The Balaban J connectivity index is 2.39. The minimum Gasteiger partial charge on any atom is -0.478 e. The van der Waals surface area contributed by atoms with Crippen LogP contribution in [0.2, 0.25) is 0 Å². The summed E-state index contributed by atoms with van der Waals surface area (Å²) >= 11 is 0. The smallest absolute Gasteiger partial charge is 0.337 e. The molecule has 0 spiro atoms. The molecule has 0 fully saturated rings. The van der Waals surface area contributed by atoms with Crippen molar-refractivity contribution in [3.05, 3.63) is 29.6 Å². The SMILES string of the molecule is CC(CCCO)NCc1ccc(C(=O)O)cn1. The molecule has 0 saturated heterocycles. The van der Waals surface area contributed by atoms with Crippen LogP contribution in [-0.2, 0) is 6.54 Å². The van der Waals surface area contributed by atoms with Crippen molar-refractivity contribution in [3.8, 4) is 0 Å². The highest BCUT2D eigenvalue weighted by atomic mass is 16.4. The number of carboxylic acids is 1. The van der Waals surface area contributed by atoms with Crippen LogP contribution in [0.5, 0.6) is 0 Å². The number of aromatic carboxylic acids is 1. The third-order valence-electron chi connectivity index (χ3n) is 2.50. The Morgan fingerprint density at radius 1 is 1.53 bits per heavy atom. The van der Waals surface area contributed by atoms with Gasteiger partial charge in [-0.05, 0) is 31.9 Å². The maximum absolute atomic E-state index is 10.6. The molecule has 1 rings (SSSR count). The normalized spacial score (nSPS) is 12.4. The lowest BCUT2D eigenvalue weighted by atomic mass is 10.2. The molecule has 94 valence electrons. The molecule has 3 N–H and O–H groups in total. The van der Waals surface area contributed by atoms with E-state index in [0.717, 1.165) is 18.5 Å². The minimum absolute atomic E-state index is 0.196. The van der Waals surface area contributed by atoms with Crippen LogP contribution in [0.25, 0.3) is 0 Å². The second-order valence-corrected chi connectivity index (χ2v) is 3.99. The predicted molar refractivity (Wildman–Crippen MR) is 63.8 cm³/mol. The number of carbonyl (C=O) groups is 1. The number of aromatic nitrogens is 1. The number of aliphatic hydroxyl groups excluding tert-OH is 1. The van der Waals surface area contributed by atoms with Crippen molar-refractivity contribution in [1.82, 2.24) is 10.3 Å². The van der Waals surface area contributed by atoms with Crippen molar-refractivity contribution >= 4 is 5.97 Å². The average Bonchev–Trinajstić information content (AvgIpc) is 2.34. The summed E-state index contributed by atoms with van der Waals surface area (Å²) in [5.74, 6) is -0.965. The zero-order valence-electron chi connectivity index (χ0n) is 9.89. The molecule has 0 radical (unpaired) electrons. The highest BCUT2D eigenvalue weighted by Crippen LogP contribution is 2.02. The van der Waals surface area contributed by atoms with Crippen LogP contribution in [0.15, 0.2) is 18.3 Å². The van der Waals surface area contributed by atoms with E-state index in [0.29, 0.717) is 12.6 Å². The molecular formula is C12H18N2O3. The van der Waals surface area contributed by atoms with Gasteiger partial charge in [0, 0.05) is 25.4 Å². The molecule has 1 aromatic rings. The Bertz CT molecular complexity index is 351. The summed E-state index contributed by atoms with van der Waals surface area (Å²) in [6.45, 7) is 2.85. The lowest BCUT2D eigenvalue weighted by Gasteiger charge is -2.12. The summed E-state index contributed by atoms with van der Waals surface area (Å²) in [7, 11) is 0. The van der Waals surface area contributed by atoms with E-state index in [9.17, 15) is 4.79 Å². The van der Waals surface area contributed by atoms with Gasteiger partial charge in [0.2, 0.25) is 0 Å². The van der Waals surface area contributed by atoms with Crippen LogP contribution in [0.1, 0.15) is 35.8 Å². The van der Waals surface area contributed by atoms with Gasteiger partial charge in [0.15, 0.2) is 0 Å². The third-order valence-corrected chi connectivity index (χ3v) is 2.50. The van der Waals surface area contributed by atoms with E-state index in [-0.39, 0.29) is 12.2 Å². The van der Waals surface area contributed by atoms with Gasteiger partial charge < -0.3 is 15.5 Å². The molecule has 0 bridgehead atoms. The Kier molecular flexibility index (Phi) is 5.59. The number of aliphatic hydroxyl groups is 1. The number of hydrogen-bond donors (Lipinski definition) is 3. The van der Waals surface area contributed by atoms with E-state index in [1.54, 1.807) is 12.1 Å². The third kappa shape index (κ3) is 4.93. The summed E-state index contributed by atoms with van der Waals surface area (Å²) in [6.07, 6.45) is 3.04. The number of carboxylic acid groups (broad SMARTS) is 1. The highest BCUT2D eigenvalue weighted by molar-refractivity contribution is 5.87. The summed E-state index contributed by atoms with van der Waals surface area (Å²) in [6, 6.07) is 3.56. The molecule has 0 aliphatic carbocycles.